The normalized spacial score (nSPS) is 10.5. The highest BCUT2D eigenvalue weighted by molar-refractivity contribution is 7.14. The van der Waals surface area contributed by atoms with Gasteiger partial charge in [0.15, 0.2) is 6.20 Å². The van der Waals surface area contributed by atoms with Crippen molar-refractivity contribution in [3.63, 3.8) is 0 Å². The first-order valence-electron chi connectivity index (χ1n) is 2.25. The van der Waals surface area contributed by atoms with E-state index in [0.29, 0.717) is 0 Å². The van der Waals surface area contributed by atoms with E-state index in [4.69, 9.17) is 0 Å². The van der Waals surface area contributed by atoms with Crippen molar-refractivity contribution in [1.82, 2.24) is 10.1 Å². The van der Waals surface area contributed by atoms with Crippen LogP contribution in [0.25, 0.3) is 4.96 Å². The third kappa shape index (κ3) is 0.376. The van der Waals surface area contributed by atoms with Gasteiger partial charge in [0.05, 0.1) is 0 Å². The van der Waals surface area contributed by atoms with E-state index in [-0.39, 0.29) is 0 Å². The average molecular weight is 126 g/mol. The van der Waals surface area contributed by atoms with Crippen molar-refractivity contribution in [2.75, 3.05) is 0 Å². The van der Waals surface area contributed by atoms with E-state index in [1.54, 1.807) is 21.4 Å². The predicted molar refractivity (Wildman–Crippen MR) is 29.6 cm³/mol. The number of hydrogen-bond acceptors (Lipinski definition) is 2. The Morgan fingerprint density at radius 3 is 3.62 bits per heavy atom. The minimum atomic E-state index is 1.07. The fraction of sp³-hybridized carbons (Fsp3) is 0. The summed E-state index contributed by atoms with van der Waals surface area (Å²) in [6, 6.07) is 0. The molecule has 0 fully saturated rings. The summed E-state index contributed by atoms with van der Waals surface area (Å²) in [4.78, 5) is 4.09. The molecule has 1 N–H and O–H groups in total. The summed E-state index contributed by atoms with van der Waals surface area (Å²) in [5.41, 5.74) is 1.80. The molecular weight excluding hydrogens is 122 g/mol. The summed E-state index contributed by atoms with van der Waals surface area (Å²) < 4.78 is 1.80. The molecule has 8 heavy (non-hydrogen) atoms. The first-order valence-corrected chi connectivity index (χ1v) is 3.13. The standard InChI is InChI=1S/C4H3N3S/c1-2-7-4(5-1)8-3-6-7/h1-3H/p+1. The van der Waals surface area contributed by atoms with Crippen LogP contribution in [0.3, 0.4) is 0 Å². The third-order valence-corrected chi connectivity index (χ3v) is 1.69. The molecule has 0 spiro atoms. The number of fused-ring (bicyclic) bond motifs is 1. The van der Waals surface area contributed by atoms with Crippen molar-refractivity contribution in [2.24, 2.45) is 0 Å². The largest absolute Gasteiger partial charge is 0.365 e. The van der Waals surface area contributed by atoms with Crippen LogP contribution < -0.4 is 4.52 Å². The molecule has 0 radical (unpaired) electrons. The van der Waals surface area contributed by atoms with Gasteiger partial charge in [-0.25, -0.2) is 4.98 Å². The highest BCUT2D eigenvalue weighted by Gasteiger charge is 1.99. The summed E-state index contributed by atoms with van der Waals surface area (Å²) in [6.45, 7) is 0. The van der Waals surface area contributed by atoms with Crippen LogP contribution in [0.4, 0.5) is 0 Å². The van der Waals surface area contributed by atoms with Crippen LogP contribution in [0.5, 0.6) is 0 Å². The summed E-state index contributed by atoms with van der Waals surface area (Å²) in [7, 11) is 0. The molecule has 0 saturated carbocycles. The van der Waals surface area contributed by atoms with Crippen molar-refractivity contribution in [1.29, 1.82) is 0 Å². The van der Waals surface area contributed by atoms with Crippen molar-refractivity contribution in [2.45, 2.75) is 0 Å². The van der Waals surface area contributed by atoms with Crippen LogP contribution in [0, 0.1) is 0 Å². The first-order chi connectivity index (χ1) is 3.97. The Bertz CT molecular complexity index is 233. The van der Waals surface area contributed by atoms with Gasteiger partial charge >= 0.3 is 4.96 Å². The second-order valence-corrected chi connectivity index (χ2v) is 2.28. The fourth-order valence-corrected chi connectivity index (χ4v) is 1.22. The van der Waals surface area contributed by atoms with E-state index >= 15 is 0 Å². The molecule has 0 aliphatic rings. The smallest absolute Gasteiger partial charge is 0.232 e. The zero-order valence-corrected chi connectivity index (χ0v) is 4.85. The van der Waals surface area contributed by atoms with Crippen LogP contribution in [-0.4, -0.2) is 10.1 Å². The van der Waals surface area contributed by atoms with Crippen LogP contribution in [0.15, 0.2) is 17.9 Å². The summed E-state index contributed by atoms with van der Waals surface area (Å²) >= 11 is 1.59. The van der Waals surface area contributed by atoms with Gasteiger partial charge in [-0.05, 0) is 11.3 Å². The van der Waals surface area contributed by atoms with Gasteiger partial charge in [0, 0.05) is 0 Å². The van der Waals surface area contributed by atoms with Crippen molar-refractivity contribution < 1.29 is 4.52 Å². The third-order valence-electron chi connectivity index (χ3n) is 0.967. The molecule has 2 aromatic heterocycles. The minimum Gasteiger partial charge on any atom is -0.232 e. The maximum atomic E-state index is 3.98. The van der Waals surface area contributed by atoms with Crippen LogP contribution in [0.2, 0.25) is 0 Å². The Morgan fingerprint density at radius 1 is 1.75 bits per heavy atom. The molecule has 0 unspecified atom stereocenters. The molecule has 0 atom stereocenters. The Balaban J connectivity index is 3.06. The fourth-order valence-electron chi connectivity index (χ4n) is 0.616. The van der Waals surface area contributed by atoms with E-state index < -0.39 is 0 Å². The van der Waals surface area contributed by atoms with Gasteiger partial charge in [-0.3, -0.25) is 0 Å². The zero-order valence-electron chi connectivity index (χ0n) is 4.03. The Labute approximate surface area is 49.6 Å². The van der Waals surface area contributed by atoms with E-state index in [1.165, 1.54) is 0 Å². The maximum absolute atomic E-state index is 3.98. The number of imidazole rings is 1. The van der Waals surface area contributed by atoms with Gasteiger partial charge in [0.25, 0.3) is 0 Å². The van der Waals surface area contributed by atoms with E-state index in [1.807, 2.05) is 12.4 Å². The number of nitrogens with zero attached hydrogens (tertiary/aromatic N) is 2. The minimum absolute atomic E-state index is 1.07. The number of hydrogen-bond donors (Lipinski definition) is 1. The lowest BCUT2D eigenvalue weighted by atomic mass is 11.0. The predicted octanol–water partition coefficient (Wildman–Crippen LogP) is 0.210. The van der Waals surface area contributed by atoms with Crippen LogP contribution >= 0.6 is 11.3 Å². The van der Waals surface area contributed by atoms with Crippen molar-refractivity contribution in [3.05, 3.63) is 17.9 Å². The van der Waals surface area contributed by atoms with E-state index in [9.17, 15) is 0 Å². The number of aromatic amines is 1. The van der Waals surface area contributed by atoms with E-state index in [2.05, 4.69) is 10.1 Å². The summed E-state index contributed by atoms with van der Waals surface area (Å²) in [5.74, 6) is 0. The average Bonchev–Trinajstić information content (AvgIpc) is 2.15. The second-order valence-electron chi connectivity index (χ2n) is 1.45. The lowest BCUT2D eigenvalue weighted by molar-refractivity contribution is -0.574. The zero-order chi connectivity index (χ0) is 5.40. The Hall–Kier alpha value is -0.900. The molecule has 2 rings (SSSR count). The lowest BCUT2D eigenvalue weighted by Gasteiger charge is -1.58. The quantitative estimate of drug-likeness (QED) is 0.503. The van der Waals surface area contributed by atoms with Gasteiger partial charge in [-0.2, -0.15) is 0 Å². The molecule has 0 aliphatic heterocycles. The molecule has 2 aromatic rings. The van der Waals surface area contributed by atoms with E-state index in [0.717, 1.165) is 4.96 Å². The van der Waals surface area contributed by atoms with Gasteiger partial charge in [0.2, 0.25) is 0 Å². The van der Waals surface area contributed by atoms with Gasteiger partial charge in [0.1, 0.15) is 11.7 Å². The summed E-state index contributed by atoms with van der Waals surface area (Å²) in [6.07, 6.45) is 3.74. The molecule has 4 heteroatoms. The highest BCUT2D eigenvalue weighted by Crippen LogP contribution is 1.95. The summed E-state index contributed by atoms with van der Waals surface area (Å²) in [5, 5.41) is 3.98. The number of rotatable bonds is 0. The topological polar surface area (TPSA) is 32.8 Å². The molecular formula is C4H4N3S+. The first kappa shape index (κ1) is 4.03. The second kappa shape index (κ2) is 1.29. The van der Waals surface area contributed by atoms with Crippen LogP contribution in [-0.2, 0) is 0 Å². The van der Waals surface area contributed by atoms with Crippen molar-refractivity contribution >= 4 is 16.3 Å². The van der Waals surface area contributed by atoms with Crippen molar-refractivity contribution in [3.8, 4) is 0 Å². The Kier molecular flexibility index (Phi) is 0.648. The SMILES string of the molecule is c1c[n+]2ncsc2[nH]1. The molecule has 3 nitrogen and oxygen atoms in total. The lowest BCUT2D eigenvalue weighted by Crippen LogP contribution is -2.17. The van der Waals surface area contributed by atoms with Gasteiger partial charge in [-0.1, -0.05) is 9.61 Å². The Morgan fingerprint density at radius 2 is 2.75 bits per heavy atom. The monoisotopic (exact) mass is 126 g/mol. The molecule has 0 bridgehead atoms. The number of H-pyrrole nitrogens is 1. The molecule has 2 heterocycles. The maximum Gasteiger partial charge on any atom is 0.365 e. The molecule has 40 valence electrons. The molecule has 0 saturated heterocycles. The highest BCUT2D eigenvalue weighted by atomic mass is 32.1. The molecule has 0 aliphatic carbocycles. The van der Waals surface area contributed by atoms with Gasteiger partial charge in [-0.15, -0.1) is 0 Å². The molecule has 0 aromatic carbocycles. The van der Waals surface area contributed by atoms with Crippen LogP contribution in [0.1, 0.15) is 0 Å². The number of nitrogens with one attached hydrogen (secondary N) is 1. The van der Waals surface area contributed by atoms with Gasteiger partial charge < -0.3 is 0 Å². The number of aromatic nitrogens is 3. The molecule has 0 amide bonds.